The molecular weight excluding hydrogens is 334 g/mol. The van der Waals surface area contributed by atoms with Crippen LogP contribution < -0.4 is 14.8 Å². The predicted molar refractivity (Wildman–Crippen MR) is 103 cm³/mol. The summed E-state index contributed by atoms with van der Waals surface area (Å²) in [6.07, 6.45) is 0. The van der Waals surface area contributed by atoms with Gasteiger partial charge in [0.1, 0.15) is 17.3 Å². The van der Waals surface area contributed by atoms with Gasteiger partial charge in [-0.15, -0.1) is 0 Å². The van der Waals surface area contributed by atoms with Crippen molar-refractivity contribution in [2.45, 2.75) is 18.6 Å². The number of benzene rings is 2. The fourth-order valence-electron chi connectivity index (χ4n) is 2.54. The van der Waals surface area contributed by atoms with Crippen LogP contribution in [0.5, 0.6) is 11.5 Å². The van der Waals surface area contributed by atoms with Gasteiger partial charge in [-0.3, -0.25) is 0 Å². The highest BCUT2D eigenvalue weighted by atomic mass is 32.2. The van der Waals surface area contributed by atoms with E-state index in [0.29, 0.717) is 6.54 Å². The molecule has 0 amide bonds. The lowest BCUT2D eigenvalue weighted by molar-refractivity contribution is 0.393. The minimum Gasteiger partial charge on any atom is -0.497 e. The minimum absolute atomic E-state index is 0.616. The highest BCUT2D eigenvalue weighted by Gasteiger charge is 2.08. The molecule has 5 nitrogen and oxygen atoms in total. The second-order valence-electron chi connectivity index (χ2n) is 5.38. The Bertz CT molecular complexity index is 848. The maximum atomic E-state index is 5.33. The third-order valence-corrected chi connectivity index (χ3v) is 4.46. The topological polar surface area (TPSA) is 56.3 Å². The van der Waals surface area contributed by atoms with Gasteiger partial charge in [-0.1, -0.05) is 30.8 Å². The van der Waals surface area contributed by atoms with E-state index in [2.05, 4.69) is 22.2 Å². The van der Waals surface area contributed by atoms with Crippen molar-refractivity contribution < 1.29 is 9.47 Å². The van der Waals surface area contributed by atoms with Gasteiger partial charge < -0.3 is 14.8 Å². The second kappa shape index (κ2) is 8.07. The van der Waals surface area contributed by atoms with E-state index >= 15 is 0 Å². The van der Waals surface area contributed by atoms with Crippen molar-refractivity contribution in [3.05, 3.63) is 48.0 Å². The van der Waals surface area contributed by atoms with E-state index in [1.54, 1.807) is 26.0 Å². The highest BCUT2D eigenvalue weighted by Crippen LogP contribution is 2.26. The number of aromatic nitrogens is 2. The smallest absolute Gasteiger partial charge is 0.190 e. The van der Waals surface area contributed by atoms with Crippen LogP contribution in [-0.4, -0.2) is 29.9 Å². The molecule has 0 radical (unpaired) electrons. The third kappa shape index (κ3) is 4.14. The summed E-state index contributed by atoms with van der Waals surface area (Å²) in [5, 5.41) is 5.23. The molecule has 0 saturated heterocycles. The molecule has 2 aromatic carbocycles. The van der Waals surface area contributed by atoms with E-state index in [4.69, 9.17) is 9.47 Å². The summed E-state index contributed by atoms with van der Waals surface area (Å²) in [5.74, 6) is 3.31. The van der Waals surface area contributed by atoms with Gasteiger partial charge in [-0.25, -0.2) is 9.97 Å². The van der Waals surface area contributed by atoms with Gasteiger partial charge >= 0.3 is 0 Å². The number of para-hydroxylation sites is 1. The van der Waals surface area contributed by atoms with Crippen LogP contribution in [0.25, 0.3) is 10.9 Å². The van der Waals surface area contributed by atoms with Crippen LogP contribution in [0.2, 0.25) is 0 Å². The predicted octanol–water partition coefficient (Wildman–Crippen LogP) is 4.37. The van der Waals surface area contributed by atoms with E-state index in [1.165, 1.54) is 0 Å². The molecule has 3 rings (SSSR count). The normalized spacial score (nSPS) is 10.7. The number of rotatable bonds is 7. The Balaban J connectivity index is 1.90. The van der Waals surface area contributed by atoms with Gasteiger partial charge in [0.2, 0.25) is 0 Å². The third-order valence-electron chi connectivity index (χ3n) is 3.73. The summed E-state index contributed by atoms with van der Waals surface area (Å²) in [5.41, 5.74) is 2.00. The quantitative estimate of drug-likeness (QED) is 0.502. The summed E-state index contributed by atoms with van der Waals surface area (Å²) in [4.78, 5) is 9.28. The van der Waals surface area contributed by atoms with E-state index in [1.807, 2.05) is 42.5 Å². The maximum Gasteiger partial charge on any atom is 0.190 e. The van der Waals surface area contributed by atoms with Gasteiger partial charge in [-0.05, 0) is 35.6 Å². The zero-order valence-electron chi connectivity index (χ0n) is 14.6. The van der Waals surface area contributed by atoms with Crippen LogP contribution in [0.15, 0.2) is 47.6 Å². The molecule has 0 saturated carbocycles. The first-order valence-corrected chi connectivity index (χ1v) is 9.07. The molecule has 130 valence electrons. The Kier molecular flexibility index (Phi) is 5.60. The average molecular weight is 355 g/mol. The molecule has 0 aliphatic heterocycles. The van der Waals surface area contributed by atoms with Crippen molar-refractivity contribution in [1.82, 2.24) is 9.97 Å². The standard InChI is InChI=1S/C19H21N3O2S/c1-4-25-19-21-17-8-6-5-7-16(17)18(22-19)20-12-13-9-14(23-2)11-15(10-13)24-3/h5-11H,4,12H2,1-3H3,(H,20,21,22). The second-order valence-corrected chi connectivity index (χ2v) is 6.61. The lowest BCUT2D eigenvalue weighted by Crippen LogP contribution is -2.04. The van der Waals surface area contributed by atoms with Gasteiger partial charge in [0, 0.05) is 18.0 Å². The first-order valence-electron chi connectivity index (χ1n) is 8.09. The van der Waals surface area contributed by atoms with Crippen LogP contribution in [-0.2, 0) is 6.54 Å². The molecule has 6 heteroatoms. The molecule has 0 spiro atoms. The summed E-state index contributed by atoms with van der Waals surface area (Å²) in [6.45, 7) is 2.71. The summed E-state index contributed by atoms with van der Waals surface area (Å²) >= 11 is 1.64. The monoisotopic (exact) mass is 355 g/mol. The summed E-state index contributed by atoms with van der Waals surface area (Å²) < 4.78 is 10.7. The number of hydrogen-bond donors (Lipinski definition) is 1. The Hall–Kier alpha value is -2.47. The summed E-state index contributed by atoms with van der Waals surface area (Å²) in [6, 6.07) is 13.9. The first-order chi connectivity index (χ1) is 12.2. The molecule has 1 N–H and O–H groups in total. The van der Waals surface area contributed by atoms with Crippen LogP contribution in [0.4, 0.5) is 5.82 Å². The first kappa shape index (κ1) is 17.4. The number of nitrogens with one attached hydrogen (secondary N) is 1. The molecule has 1 heterocycles. The van der Waals surface area contributed by atoms with Crippen LogP contribution in [0, 0.1) is 0 Å². The fraction of sp³-hybridized carbons (Fsp3) is 0.263. The van der Waals surface area contributed by atoms with Crippen LogP contribution >= 0.6 is 11.8 Å². The Morgan fingerprint density at radius 2 is 1.72 bits per heavy atom. The molecule has 0 bridgehead atoms. The average Bonchev–Trinajstić information content (AvgIpc) is 2.66. The molecule has 25 heavy (non-hydrogen) atoms. The van der Waals surface area contributed by atoms with Gasteiger partial charge in [0.25, 0.3) is 0 Å². The highest BCUT2D eigenvalue weighted by molar-refractivity contribution is 7.99. The van der Waals surface area contributed by atoms with Crippen molar-refractivity contribution in [3.63, 3.8) is 0 Å². The Morgan fingerprint density at radius 3 is 2.40 bits per heavy atom. The number of thioether (sulfide) groups is 1. The van der Waals surface area contributed by atoms with Crippen molar-refractivity contribution >= 4 is 28.5 Å². The number of methoxy groups -OCH3 is 2. The van der Waals surface area contributed by atoms with Crippen molar-refractivity contribution in [2.24, 2.45) is 0 Å². The van der Waals surface area contributed by atoms with E-state index in [9.17, 15) is 0 Å². The van der Waals surface area contributed by atoms with Gasteiger partial charge in [0.05, 0.1) is 19.7 Å². The number of fused-ring (bicyclic) bond motifs is 1. The van der Waals surface area contributed by atoms with Gasteiger partial charge in [0.15, 0.2) is 5.16 Å². The van der Waals surface area contributed by atoms with Crippen molar-refractivity contribution in [2.75, 3.05) is 25.3 Å². The maximum absolute atomic E-state index is 5.33. The zero-order valence-corrected chi connectivity index (χ0v) is 15.4. The molecule has 1 aromatic heterocycles. The summed E-state index contributed by atoms with van der Waals surface area (Å²) in [7, 11) is 3.30. The molecule has 3 aromatic rings. The number of nitrogens with zero attached hydrogens (tertiary/aromatic N) is 2. The van der Waals surface area contributed by atoms with Crippen molar-refractivity contribution in [1.29, 1.82) is 0 Å². The number of hydrogen-bond acceptors (Lipinski definition) is 6. The van der Waals surface area contributed by atoms with E-state index in [0.717, 1.165) is 44.7 Å². The van der Waals surface area contributed by atoms with E-state index in [-0.39, 0.29) is 0 Å². The van der Waals surface area contributed by atoms with Crippen molar-refractivity contribution in [3.8, 4) is 11.5 Å². The lowest BCUT2D eigenvalue weighted by Gasteiger charge is -2.12. The molecule has 0 aliphatic rings. The minimum atomic E-state index is 0.616. The SMILES string of the molecule is CCSc1nc(NCc2cc(OC)cc(OC)c2)c2ccccc2n1. The van der Waals surface area contributed by atoms with E-state index < -0.39 is 0 Å². The lowest BCUT2D eigenvalue weighted by atomic mass is 10.2. The zero-order chi connectivity index (χ0) is 17.6. The number of ether oxygens (including phenoxy) is 2. The largest absolute Gasteiger partial charge is 0.497 e. The van der Waals surface area contributed by atoms with Gasteiger partial charge in [-0.2, -0.15) is 0 Å². The Labute approximate surface area is 151 Å². The van der Waals surface area contributed by atoms with Crippen LogP contribution in [0.1, 0.15) is 12.5 Å². The molecule has 0 aliphatic carbocycles. The molecule has 0 fully saturated rings. The number of anilines is 1. The fourth-order valence-corrected chi connectivity index (χ4v) is 3.11. The van der Waals surface area contributed by atoms with Crippen LogP contribution in [0.3, 0.4) is 0 Å². The molecule has 0 unspecified atom stereocenters. The molecular formula is C19H21N3O2S. The Morgan fingerprint density at radius 1 is 1.00 bits per heavy atom. The molecule has 0 atom stereocenters.